The summed E-state index contributed by atoms with van der Waals surface area (Å²) in [4.78, 5) is 0. The van der Waals surface area contributed by atoms with Crippen LogP contribution in [-0.4, -0.2) is 5.84 Å². The molecule has 0 spiro atoms. The van der Waals surface area contributed by atoms with Crippen molar-refractivity contribution in [1.29, 1.82) is 5.41 Å². The highest BCUT2D eigenvalue weighted by Gasteiger charge is 2.06. The van der Waals surface area contributed by atoms with Crippen molar-refractivity contribution < 1.29 is 0 Å². The summed E-state index contributed by atoms with van der Waals surface area (Å²) in [6.45, 7) is 8.28. The Bertz CT molecular complexity index is 634. The molecule has 0 atom stereocenters. The molecule has 0 unspecified atom stereocenters. The van der Waals surface area contributed by atoms with Crippen molar-refractivity contribution in [3.05, 3.63) is 71.3 Å². The van der Waals surface area contributed by atoms with Crippen LogP contribution in [0.15, 0.2) is 49.0 Å². The van der Waals surface area contributed by atoms with Gasteiger partial charge >= 0.3 is 0 Å². The number of aryl methyl sites for hydroxylation is 2. The van der Waals surface area contributed by atoms with Gasteiger partial charge in [-0.25, -0.2) is 0 Å². The van der Waals surface area contributed by atoms with Crippen molar-refractivity contribution >= 4 is 17.2 Å². The van der Waals surface area contributed by atoms with E-state index in [2.05, 4.69) is 37.9 Å². The lowest BCUT2D eigenvalue weighted by atomic mass is 10.0. The Balaban J connectivity index is 2.21. The topological polar surface area (TPSA) is 61.9 Å². The number of nitrogens with one attached hydrogen (secondary N) is 2. The number of amidine groups is 1. The Hall–Kier alpha value is -2.55. The number of hydrogen-bond acceptors (Lipinski definition) is 2. The lowest BCUT2D eigenvalue weighted by molar-refractivity contribution is 1.33. The number of benzene rings is 2. The molecule has 20 heavy (non-hydrogen) atoms. The highest BCUT2D eigenvalue weighted by Crippen LogP contribution is 2.23. The van der Waals surface area contributed by atoms with Crippen molar-refractivity contribution in [3.8, 4) is 0 Å². The van der Waals surface area contributed by atoms with Crippen LogP contribution in [0.25, 0.3) is 5.70 Å². The van der Waals surface area contributed by atoms with Crippen LogP contribution in [0, 0.1) is 19.3 Å². The van der Waals surface area contributed by atoms with Crippen molar-refractivity contribution in [2.75, 3.05) is 5.32 Å². The van der Waals surface area contributed by atoms with Gasteiger partial charge in [-0.3, -0.25) is 5.41 Å². The van der Waals surface area contributed by atoms with E-state index in [1.165, 1.54) is 11.1 Å². The molecule has 0 aliphatic heterocycles. The fourth-order valence-electron chi connectivity index (χ4n) is 2.26. The van der Waals surface area contributed by atoms with Gasteiger partial charge in [0.1, 0.15) is 5.84 Å². The summed E-state index contributed by atoms with van der Waals surface area (Å²) in [7, 11) is 0. The van der Waals surface area contributed by atoms with Crippen LogP contribution in [0.1, 0.15) is 22.3 Å². The summed E-state index contributed by atoms with van der Waals surface area (Å²) < 4.78 is 0. The fourth-order valence-corrected chi connectivity index (χ4v) is 2.26. The average Bonchev–Trinajstić information content (AvgIpc) is 2.39. The van der Waals surface area contributed by atoms with Crippen LogP contribution in [-0.2, 0) is 0 Å². The number of anilines is 1. The van der Waals surface area contributed by atoms with Gasteiger partial charge in [-0.1, -0.05) is 24.8 Å². The normalized spacial score (nSPS) is 10.1. The molecule has 0 aliphatic rings. The van der Waals surface area contributed by atoms with Gasteiger partial charge in [0.15, 0.2) is 0 Å². The summed E-state index contributed by atoms with van der Waals surface area (Å²) >= 11 is 0. The van der Waals surface area contributed by atoms with Crippen LogP contribution in [0.5, 0.6) is 0 Å². The zero-order valence-electron chi connectivity index (χ0n) is 11.8. The quantitative estimate of drug-likeness (QED) is 0.583. The minimum Gasteiger partial charge on any atom is -0.384 e. The third kappa shape index (κ3) is 2.88. The van der Waals surface area contributed by atoms with Crippen LogP contribution in [0.4, 0.5) is 5.69 Å². The van der Waals surface area contributed by atoms with Gasteiger partial charge in [-0.05, 0) is 49.2 Å². The minimum atomic E-state index is 0.0742. The Morgan fingerprint density at radius 2 is 1.60 bits per heavy atom. The first kappa shape index (κ1) is 13.9. The first-order chi connectivity index (χ1) is 9.49. The van der Waals surface area contributed by atoms with Gasteiger partial charge in [-0.15, -0.1) is 0 Å². The molecule has 0 heterocycles. The van der Waals surface area contributed by atoms with E-state index in [4.69, 9.17) is 11.1 Å². The Labute approximate surface area is 119 Å². The van der Waals surface area contributed by atoms with Gasteiger partial charge in [0.05, 0.1) is 0 Å². The Morgan fingerprint density at radius 3 is 2.10 bits per heavy atom. The average molecular weight is 265 g/mol. The molecule has 2 aromatic rings. The maximum absolute atomic E-state index is 7.38. The molecule has 2 rings (SSSR count). The number of hydrogen-bond donors (Lipinski definition) is 3. The number of rotatable bonds is 4. The highest BCUT2D eigenvalue weighted by molar-refractivity contribution is 5.95. The van der Waals surface area contributed by atoms with Gasteiger partial charge in [0.25, 0.3) is 0 Å². The third-order valence-corrected chi connectivity index (χ3v) is 3.27. The second-order valence-electron chi connectivity index (χ2n) is 4.86. The molecule has 0 saturated carbocycles. The molecule has 0 fully saturated rings. The molecule has 2 aromatic carbocycles. The second kappa shape index (κ2) is 5.61. The lowest BCUT2D eigenvalue weighted by Crippen LogP contribution is -2.10. The van der Waals surface area contributed by atoms with Gasteiger partial charge in [0.2, 0.25) is 0 Å². The highest BCUT2D eigenvalue weighted by atomic mass is 14.9. The van der Waals surface area contributed by atoms with Crippen LogP contribution in [0.2, 0.25) is 0 Å². The summed E-state index contributed by atoms with van der Waals surface area (Å²) in [6.07, 6.45) is 0. The maximum atomic E-state index is 7.38. The first-order valence-electron chi connectivity index (χ1n) is 6.46. The zero-order valence-corrected chi connectivity index (χ0v) is 11.8. The van der Waals surface area contributed by atoms with Crippen LogP contribution < -0.4 is 11.1 Å². The Kier molecular flexibility index (Phi) is 3.89. The molecule has 102 valence electrons. The predicted octanol–water partition coefficient (Wildman–Crippen LogP) is 3.67. The van der Waals surface area contributed by atoms with Crippen molar-refractivity contribution in [2.45, 2.75) is 13.8 Å². The van der Waals surface area contributed by atoms with E-state index in [1.807, 2.05) is 30.3 Å². The van der Waals surface area contributed by atoms with E-state index in [-0.39, 0.29) is 5.84 Å². The molecular weight excluding hydrogens is 246 g/mol. The molecule has 0 saturated heterocycles. The monoisotopic (exact) mass is 265 g/mol. The van der Waals surface area contributed by atoms with Crippen LogP contribution in [0.3, 0.4) is 0 Å². The molecule has 0 aliphatic carbocycles. The maximum Gasteiger partial charge on any atom is 0.122 e. The summed E-state index contributed by atoms with van der Waals surface area (Å²) in [6, 6.07) is 13.6. The molecule has 3 nitrogen and oxygen atoms in total. The van der Waals surface area contributed by atoms with Gasteiger partial charge < -0.3 is 11.1 Å². The molecular formula is C17H19N3. The molecule has 0 radical (unpaired) electrons. The van der Waals surface area contributed by atoms with Crippen molar-refractivity contribution in [1.82, 2.24) is 0 Å². The number of nitrogens with two attached hydrogens (primary N) is 1. The second-order valence-corrected chi connectivity index (χ2v) is 4.86. The third-order valence-electron chi connectivity index (χ3n) is 3.27. The molecule has 0 amide bonds. The zero-order chi connectivity index (χ0) is 14.7. The smallest absolute Gasteiger partial charge is 0.122 e. The van der Waals surface area contributed by atoms with Crippen molar-refractivity contribution in [3.63, 3.8) is 0 Å². The Morgan fingerprint density at radius 1 is 1.05 bits per heavy atom. The summed E-state index contributed by atoms with van der Waals surface area (Å²) in [5.74, 6) is 0.0742. The van der Waals surface area contributed by atoms with E-state index in [0.717, 1.165) is 16.9 Å². The summed E-state index contributed by atoms with van der Waals surface area (Å²) in [5, 5.41) is 10.7. The minimum absolute atomic E-state index is 0.0742. The predicted molar refractivity (Wildman–Crippen MR) is 86.0 cm³/mol. The van der Waals surface area contributed by atoms with E-state index < -0.39 is 0 Å². The standard InChI is InChI=1S/C17H19N3/c1-11-5-4-6-12(2)16(11)13(3)20-15-9-7-14(8-10-15)17(18)19/h4-10,20H,3H2,1-2H3,(H3,18,19). The molecule has 4 N–H and O–H groups in total. The van der Waals surface area contributed by atoms with E-state index in [1.54, 1.807) is 0 Å². The van der Waals surface area contributed by atoms with Crippen molar-refractivity contribution in [2.24, 2.45) is 5.73 Å². The van der Waals surface area contributed by atoms with E-state index in [0.29, 0.717) is 5.56 Å². The number of nitrogen functional groups attached to an aromatic ring is 1. The molecule has 3 heteroatoms. The largest absolute Gasteiger partial charge is 0.384 e. The van der Waals surface area contributed by atoms with E-state index >= 15 is 0 Å². The molecule has 0 bridgehead atoms. The SMILES string of the molecule is C=C(Nc1ccc(C(=N)N)cc1)c1c(C)cccc1C. The van der Waals surface area contributed by atoms with Gasteiger partial charge in [0, 0.05) is 22.5 Å². The fraction of sp³-hybridized carbons (Fsp3) is 0.118. The molecule has 0 aromatic heterocycles. The lowest BCUT2D eigenvalue weighted by Gasteiger charge is -2.15. The van der Waals surface area contributed by atoms with Gasteiger partial charge in [-0.2, -0.15) is 0 Å². The van der Waals surface area contributed by atoms with E-state index in [9.17, 15) is 0 Å². The summed E-state index contributed by atoms with van der Waals surface area (Å²) in [5.41, 5.74) is 11.5. The van der Waals surface area contributed by atoms with Crippen LogP contribution >= 0.6 is 0 Å². The first-order valence-corrected chi connectivity index (χ1v) is 6.46.